The van der Waals surface area contributed by atoms with E-state index in [4.69, 9.17) is 0 Å². The number of aromatic nitrogens is 2. The van der Waals surface area contributed by atoms with Crippen LogP contribution in [0, 0.1) is 0 Å². The Morgan fingerprint density at radius 1 is 1.39 bits per heavy atom. The Morgan fingerprint density at radius 2 is 2.22 bits per heavy atom. The average molecular weight is 240 g/mol. The summed E-state index contributed by atoms with van der Waals surface area (Å²) in [6.07, 6.45) is 7.23. The van der Waals surface area contributed by atoms with Gasteiger partial charge in [-0.1, -0.05) is 24.6 Å². The van der Waals surface area contributed by atoms with Crippen LogP contribution in [0.25, 0.3) is 0 Å². The molecule has 2 aromatic rings. The molecule has 1 aromatic carbocycles. The van der Waals surface area contributed by atoms with Gasteiger partial charge < -0.3 is 4.57 Å². The van der Waals surface area contributed by atoms with E-state index in [1.807, 2.05) is 25.2 Å². The number of imidazole rings is 1. The van der Waals surface area contributed by atoms with Gasteiger partial charge in [-0.15, -0.1) is 0 Å². The summed E-state index contributed by atoms with van der Waals surface area (Å²) in [5.41, 5.74) is 2.56. The molecule has 18 heavy (non-hydrogen) atoms. The fraction of sp³-hybridized carbons (Fsp3) is 0.333. The second-order valence-corrected chi connectivity index (χ2v) is 5.01. The number of ketones is 1. The Balaban J connectivity index is 1.89. The van der Waals surface area contributed by atoms with E-state index in [0.717, 1.165) is 5.56 Å². The first-order valence-corrected chi connectivity index (χ1v) is 6.36. The molecule has 0 saturated heterocycles. The summed E-state index contributed by atoms with van der Waals surface area (Å²) in [5, 5.41) is 0. The molecule has 0 aliphatic heterocycles. The van der Waals surface area contributed by atoms with Gasteiger partial charge in [-0.25, -0.2) is 4.98 Å². The lowest BCUT2D eigenvalue weighted by molar-refractivity contribution is 0.103. The highest BCUT2D eigenvalue weighted by molar-refractivity contribution is 6.07. The Bertz CT molecular complexity index is 582. The molecule has 1 aromatic heterocycles. The number of hydrogen-bond acceptors (Lipinski definition) is 2. The highest BCUT2D eigenvalue weighted by Gasteiger charge is 2.20. The van der Waals surface area contributed by atoms with Gasteiger partial charge in [-0.3, -0.25) is 4.79 Å². The van der Waals surface area contributed by atoms with Crippen molar-refractivity contribution >= 4 is 5.78 Å². The number of rotatable bonds is 3. The largest absolute Gasteiger partial charge is 0.340 e. The molecule has 0 amide bonds. The molecule has 0 unspecified atom stereocenters. The SMILES string of the molecule is Cn1cnc(C(=O)c2cccc(C3CCC3)c2)c1. The van der Waals surface area contributed by atoms with Gasteiger partial charge in [-0.2, -0.15) is 0 Å². The van der Waals surface area contributed by atoms with Crippen molar-refractivity contribution in [2.75, 3.05) is 0 Å². The lowest BCUT2D eigenvalue weighted by atomic mass is 9.79. The van der Waals surface area contributed by atoms with Crippen LogP contribution in [0.4, 0.5) is 0 Å². The normalized spacial score (nSPS) is 15.4. The average Bonchev–Trinajstić information content (AvgIpc) is 2.73. The number of nitrogens with zero attached hydrogens (tertiary/aromatic N) is 2. The van der Waals surface area contributed by atoms with Crippen LogP contribution in [0.15, 0.2) is 36.8 Å². The molecule has 0 radical (unpaired) electrons. The van der Waals surface area contributed by atoms with Crippen molar-refractivity contribution < 1.29 is 4.79 Å². The maximum absolute atomic E-state index is 12.3. The van der Waals surface area contributed by atoms with Gasteiger partial charge in [0.05, 0.1) is 6.33 Å². The van der Waals surface area contributed by atoms with Gasteiger partial charge in [0, 0.05) is 18.8 Å². The summed E-state index contributed by atoms with van der Waals surface area (Å²) in [6, 6.07) is 8.00. The van der Waals surface area contributed by atoms with Crippen LogP contribution >= 0.6 is 0 Å². The van der Waals surface area contributed by atoms with Crippen molar-refractivity contribution in [2.24, 2.45) is 7.05 Å². The molecule has 0 spiro atoms. The third-order valence-electron chi connectivity index (χ3n) is 3.66. The lowest BCUT2D eigenvalue weighted by Gasteiger charge is -2.25. The van der Waals surface area contributed by atoms with Crippen LogP contribution in [-0.2, 0) is 7.05 Å². The molecule has 1 aliphatic carbocycles. The fourth-order valence-electron chi connectivity index (χ4n) is 2.35. The molecule has 92 valence electrons. The molecule has 1 heterocycles. The van der Waals surface area contributed by atoms with Gasteiger partial charge in [0.15, 0.2) is 0 Å². The molecule has 3 rings (SSSR count). The molecular weight excluding hydrogens is 224 g/mol. The third kappa shape index (κ3) is 1.96. The molecule has 1 aliphatic rings. The van der Waals surface area contributed by atoms with E-state index in [9.17, 15) is 4.79 Å². The van der Waals surface area contributed by atoms with E-state index in [1.54, 1.807) is 17.1 Å². The minimum atomic E-state index is 0.0109. The van der Waals surface area contributed by atoms with Crippen molar-refractivity contribution in [1.29, 1.82) is 0 Å². The van der Waals surface area contributed by atoms with Gasteiger partial charge >= 0.3 is 0 Å². The Hall–Kier alpha value is -1.90. The molecule has 1 saturated carbocycles. The molecule has 3 heteroatoms. The second-order valence-electron chi connectivity index (χ2n) is 5.01. The summed E-state index contributed by atoms with van der Waals surface area (Å²) < 4.78 is 1.79. The third-order valence-corrected chi connectivity index (χ3v) is 3.66. The van der Waals surface area contributed by atoms with Gasteiger partial charge in [0.2, 0.25) is 5.78 Å². The predicted octanol–water partition coefficient (Wildman–Crippen LogP) is 2.92. The second kappa shape index (κ2) is 4.41. The van der Waals surface area contributed by atoms with Crippen LogP contribution in [0.3, 0.4) is 0 Å². The maximum Gasteiger partial charge on any atom is 0.212 e. The molecule has 0 bridgehead atoms. The summed E-state index contributed by atoms with van der Waals surface area (Å²) in [5.74, 6) is 0.665. The summed E-state index contributed by atoms with van der Waals surface area (Å²) in [6.45, 7) is 0. The molecule has 0 N–H and O–H groups in total. The van der Waals surface area contributed by atoms with Crippen molar-refractivity contribution in [2.45, 2.75) is 25.2 Å². The van der Waals surface area contributed by atoms with Gasteiger partial charge in [-0.05, 0) is 30.4 Å². The van der Waals surface area contributed by atoms with Crippen LogP contribution in [-0.4, -0.2) is 15.3 Å². The minimum absolute atomic E-state index is 0.0109. The molecule has 0 atom stereocenters. The summed E-state index contributed by atoms with van der Waals surface area (Å²) in [4.78, 5) is 16.4. The number of carbonyl (C=O) groups excluding carboxylic acids is 1. The van der Waals surface area contributed by atoms with E-state index in [-0.39, 0.29) is 5.78 Å². The summed E-state index contributed by atoms with van der Waals surface area (Å²) >= 11 is 0. The quantitative estimate of drug-likeness (QED) is 0.773. The van der Waals surface area contributed by atoms with E-state index in [0.29, 0.717) is 11.6 Å². The fourth-order valence-corrected chi connectivity index (χ4v) is 2.35. The van der Waals surface area contributed by atoms with Crippen molar-refractivity contribution in [1.82, 2.24) is 9.55 Å². The number of hydrogen-bond donors (Lipinski definition) is 0. The molecular formula is C15H16N2O. The molecule has 3 nitrogen and oxygen atoms in total. The zero-order valence-electron chi connectivity index (χ0n) is 10.5. The Labute approximate surface area is 106 Å². The Kier molecular flexibility index (Phi) is 2.74. The van der Waals surface area contributed by atoms with E-state index in [1.165, 1.54) is 24.8 Å². The first-order chi connectivity index (χ1) is 8.74. The van der Waals surface area contributed by atoms with Gasteiger partial charge in [0.1, 0.15) is 5.69 Å². The topological polar surface area (TPSA) is 34.9 Å². The zero-order valence-corrected chi connectivity index (χ0v) is 10.5. The predicted molar refractivity (Wildman–Crippen MR) is 69.7 cm³/mol. The number of carbonyl (C=O) groups is 1. The van der Waals surface area contributed by atoms with Crippen LogP contribution in [0.5, 0.6) is 0 Å². The smallest absolute Gasteiger partial charge is 0.212 e. The lowest BCUT2D eigenvalue weighted by Crippen LogP contribution is -2.10. The minimum Gasteiger partial charge on any atom is -0.340 e. The van der Waals surface area contributed by atoms with Crippen molar-refractivity contribution in [3.05, 3.63) is 53.6 Å². The highest BCUT2D eigenvalue weighted by Crippen LogP contribution is 2.36. The number of aryl methyl sites for hydroxylation is 1. The van der Waals surface area contributed by atoms with Gasteiger partial charge in [0.25, 0.3) is 0 Å². The van der Waals surface area contributed by atoms with E-state index >= 15 is 0 Å². The first-order valence-electron chi connectivity index (χ1n) is 6.36. The van der Waals surface area contributed by atoms with E-state index in [2.05, 4.69) is 11.1 Å². The van der Waals surface area contributed by atoms with Crippen LogP contribution in [0.2, 0.25) is 0 Å². The van der Waals surface area contributed by atoms with E-state index < -0.39 is 0 Å². The Morgan fingerprint density at radius 3 is 2.83 bits per heavy atom. The monoisotopic (exact) mass is 240 g/mol. The molecule has 1 fully saturated rings. The zero-order chi connectivity index (χ0) is 12.5. The maximum atomic E-state index is 12.3. The number of benzene rings is 1. The van der Waals surface area contributed by atoms with Crippen molar-refractivity contribution in [3.8, 4) is 0 Å². The van der Waals surface area contributed by atoms with Crippen LogP contribution in [0.1, 0.15) is 46.8 Å². The van der Waals surface area contributed by atoms with Crippen LogP contribution < -0.4 is 0 Å². The standard InChI is InChI=1S/C15H16N2O/c1-17-9-14(16-10-17)15(18)13-7-3-6-12(8-13)11-4-2-5-11/h3,6-11H,2,4-5H2,1H3. The first kappa shape index (κ1) is 11.2. The summed E-state index contributed by atoms with van der Waals surface area (Å²) in [7, 11) is 1.87. The highest BCUT2D eigenvalue weighted by atomic mass is 16.1. The van der Waals surface area contributed by atoms with Crippen molar-refractivity contribution in [3.63, 3.8) is 0 Å².